The van der Waals surface area contributed by atoms with Crippen LogP contribution in [-0.4, -0.2) is 56.8 Å². The van der Waals surface area contributed by atoms with Crippen molar-refractivity contribution < 1.29 is 4.79 Å². The van der Waals surface area contributed by atoms with Crippen LogP contribution in [0.5, 0.6) is 0 Å². The van der Waals surface area contributed by atoms with Crippen LogP contribution in [0.1, 0.15) is 33.1 Å². The number of amides is 1. The van der Waals surface area contributed by atoms with E-state index in [4.69, 9.17) is 0 Å². The predicted octanol–water partition coefficient (Wildman–Crippen LogP) is 1.75. The third-order valence-electron chi connectivity index (χ3n) is 4.52. The first kappa shape index (κ1) is 16.5. The summed E-state index contributed by atoms with van der Waals surface area (Å²) in [5.41, 5.74) is 4.66. The zero-order chi connectivity index (χ0) is 17.1. The van der Waals surface area contributed by atoms with Crippen LogP contribution in [0.25, 0.3) is 0 Å². The lowest BCUT2D eigenvalue weighted by molar-refractivity contribution is 0.0626. The molecule has 0 N–H and O–H groups in total. The number of pyridine rings is 1. The highest BCUT2D eigenvalue weighted by atomic mass is 16.2. The summed E-state index contributed by atoms with van der Waals surface area (Å²) >= 11 is 0. The summed E-state index contributed by atoms with van der Waals surface area (Å²) in [5.74, 6) is 0.0601. The van der Waals surface area contributed by atoms with Crippen LogP contribution in [0.2, 0.25) is 0 Å². The Morgan fingerprint density at radius 1 is 1.04 bits per heavy atom. The smallest absolute Gasteiger partial charge is 0.255 e. The first-order valence-electron chi connectivity index (χ1n) is 8.27. The van der Waals surface area contributed by atoms with Crippen LogP contribution in [0.3, 0.4) is 0 Å². The van der Waals surface area contributed by atoms with Crippen LogP contribution in [0.4, 0.5) is 0 Å². The number of hydrogen-bond donors (Lipinski definition) is 0. The Kier molecular flexibility index (Phi) is 4.85. The molecule has 0 aliphatic carbocycles. The molecule has 6 heteroatoms. The van der Waals surface area contributed by atoms with E-state index in [2.05, 4.69) is 19.9 Å². The van der Waals surface area contributed by atoms with E-state index in [1.54, 1.807) is 18.5 Å². The van der Waals surface area contributed by atoms with Crippen LogP contribution < -0.4 is 0 Å². The van der Waals surface area contributed by atoms with Gasteiger partial charge < -0.3 is 4.90 Å². The SMILES string of the molecule is Cc1nc(C)c(CN2CCN(C(=O)c3cccnc3)CC2)nc1C. The number of hydrogen-bond acceptors (Lipinski definition) is 5. The first-order chi connectivity index (χ1) is 11.5. The van der Waals surface area contributed by atoms with Crippen LogP contribution in [0, 0.1) is 20.8 Å². The molecule has 1 aliphatic heterocycles. The van der Waals surface area contributed by atoms with Gasteiger partial charge in [0.2, 0.25) is 0 Å². The van der Waals surface area contributed by atoms with E-state index < -0.39 is 0 Å². The summed E-state index contributed by atoms with van der Waals surface area (Å²) < 4.78 is 0. The van der Waals surface area contributed by atoms with Gasteiger partial charge in [0.15, 0.2) is 0 Å². The molecule has 3 heterocycles. The number of nitrogens with zero attached hydrogens (tertiary/aromatic N) is 5. The average molecular weight is 325 g/mol. The molecule has 0 radical (unpaired) electrons. The molecule has 24 heavy (non-hydrogen) atoms. The molecule has 3 rings (SSSR count). The molecule has 1 fully saturated rings. The Balaban J connectivity index is 1.60. The molecule has 1 amide bonds. The highest BCUT2D eigenvalue weighted by molar-refractivity contribution is 5.93. The zero-order valence-electron chi connectivity index (χ0n) is 14.5. The van der Waals surface area contributed by atoms with Gasteiger partial charge >= 0.3 is 0 Å². The van der Waals surface area contributed by atoms with Crippen molar-refractivity contribution in [1.29, 1.82) is 0 Å². The molecule has 0 saturated carbocycles. The van der Waals surface area contributed by atoms with Gasteiger partial charge in [-0.05, 0) is 32.9 Å². The monoisotopic (exact) mass is 325 g/mol. The summed E-state index contributed by atoms with van der Waals surface area (Å²) in [7, 11) is 0. The quantitative estimate of drug-likeness (QED) is 0.860. The average Bonchev–Trinajstić information content (AvgIpc) is 2.60. The van der Waals surface area contributed by atoms with Gasteiger partial charge in [-0.15, -0.1) is 0 Å². The number of aromatic nitrogens is 3. The van der Waals surface area contributed by atoms with E-state index in [0.29, 0.717) is 5.56 Å². The fourth-order valence-corrected chi connectivity index (χ4v) is 2.90. The Morgan fingerprint density at radius 2 is 1.75 bits per heavy atom. The van der Waals surface area contributed by atoms with Crippen LogP contribution in [-0.2, 0) is 6.54 Å². The van der Waals surface area contributed by atoms with E-state index in [1.165, 1.54) is 0 Å². The first-order valence-corrected chi connectivity index (χ1v) is 8.27. The van der Waals surface area contributed by atoms with E-state index in [9.17, 15) is 4.79 Å². The molecule has 0 unspecified atom stereocenters. The summed E-state index contributed by atoms with van der Waals surface area (Å²) in [5, 5.41) is 0. The maximum Gasteiger partial charge on any atom is 0.255 e. The van der Waals surface area contributed by atoms with Gasteiger partial charge in [-0.1, -0.05) is 0 Å². The molecule has 0 aromatic carbocycles. The van der Waals surface area contributed by atoms with Gasteiger partial charge in [0.1, 0.15) is 0 Å². The van der Waals surface area contributed by atoms with E-state index in [-0.39, 0.29) is 5.91 Å². The van der Waals surface area contributed by atoms with Gasteiger partial charge in [-0.25, -0.2) is 0 Å². The van der Waals surface area contributed by atoms with Crippen LogP contribution >= 0.6 is 0 Å². The minimum absolute atomic E-state index is 0.0601. The number of carbonyl (C=O) groups excluding carboxylic acids is 1. The molecular formula is C18H23N5O. The Bertz CT molecular complexity index is 724. The Morgan fingerprint density at radius 3 is 2.42 bits per heavy atom. The molecule has 126 valence electrons. The number of rotatable bonds is 3. The van der Waals surface area contributed by atoms with E-state index in [0.717, 1.165) is 55.5 Å². The molecule has 1 saturated heterocycles. The standard InChI is InChI=1S/C18H23N5O/c1-13-14(2)21-17(15(3)20-13)12-22-7-9-23(10-8-22)18(24)16-5-4-6-19-11-16/h4-6,11H,7-10,12H2,1-3H3. The minimum atomic E-state index is 0.0601. The van der Waals surface area contributed by atoms with Crippen molar-refractivity contribution in [3.63, 3.8) is 0 Å². The van der Waals surface area contributed by atoms with Gasteiger partial charge in [-0.3, -0.25) is 24.6 Å². The zero-order valence-corrected chi connectivity index (χ0v) is 14.5. The van der Waals surface area contributed by atoms with Crippen molar-refractivity contribution in [2.75, 3.05) is 26.2 Å². The van der Waals surface area contributed by atoms with Crippen molar-refractivity contribution in [1.82, 2.24) is 24.8 Å². The maximum atomic E-state index is 12.4. The lowest BCUT2D eigenvalue weighted by Crippen LogP contribution is -2.48. The van der Waals surface area contributed by atoms with Gasteiger partial charge in [0.25, 0.3) is 5.91 Å². The van der Waals surface area contributed by atoms with Crippen molar-refractivity contribution in [2.24, 2.45) is 0 Å². The number of aryl methyl sites for hydroxylation is 3. The second-order valence-corrected chi connectivity index (χ2v) is 6.24. The molecule has 0 bridgehead atoms. The minimum Gasteiger partial charge on any atom is -0.336 e. The number of carbonyl (C=O) groups is 1. The van der Waals surface area contributed by atoms with E-state index in [1.807, 2.05) is 31.7 Å². The predicted molar refractivity (Wildman–Crippen MR) is 91.7 cm³/mol. The maximum absolute atomic E-state index is 12.4. The van der Waals surface area contributed by atoms with Crippen molar-refractivity contribution >= 4 is 5.91 Å². The third kappa shape index (κ3) is 3.59. The Labute approximate surface area is 142 Å². The van der Waals surface area contributed by atoms with Gasteiger partial charge in [0, 0.05) is 45.1 Å². The molecule has 2 aromatic heterocycles. The lowest BCUT2D eigenvalue weighted by atomic mass is 10.2. The second kappa shape index (κ2) is 7.05. The molecule has 0 atom stereocenters. The summed E-state index contributed by atoms with van der Waals surface area (Å²) in [4.78, 5) is 29.9. The summed E-state index contributed by atoms with van der Waals surface area (Å²) in [6.07, 6.45) is 3.31. The summed E-state index contributed by atoms with van der Waals surface area (Å²) in [6.45, 7) is 9.93. The number of piperazine rings is 1. The lowest BCUT2D eigenvalue weighted by Gasteiger charge is -2.34. The van der Waals surface area contributed by atoms with Crippen molar-refractivity contribution in [3.8, 4) is 0 Å². The molecular weight excluding hydrogens is 302 g/mol. The van der Waals surface area contributed by atoms with Gasteiger partial charge in [0.05, 0.1) is 28.3 Å². The van der Waals surface area contributed by atoms with Crippen LogP contribution in [0.15, 0.2) is 24.5 Å². The largest absolute Gasteiger partial charge is 0.336 e. The third-order valence-corrected chi connectivity index (χ3v) is 4.52. The van der Waals surface area contributed by atoms with Crippen molar-refractivity contribution in [2.45, 2.75) is 27.3 Å². The molecule has 1 aliphatic rings. The topological polar surface area (TPSA) is 62.2 Å². The highest BCUT2D eigenvalue weighted by Crippen LogP contribution is 2.13. The second-order valence-electron chi connectivity index (χ2n) is 6.24. The molecule has 6 nitrogen and oxygen atoms in total. The molecule has 2 aromatic rings. The Hall–Kier alpha value is -2.34. The fourth-order valence-electron chi connectivity index (χ4n) is 2.90. The molecule has 0 spiro atoms. The van der Waals surface area contributed by atoms with E-state index >= 15 is 0 Å². The highest BCUT2D eigenvalue weighted by Gasteiger charge is 2.23. The summed E-state index contributed by atoms with van der Waals surface area (Å²) in [6, 6.07) is 3.61. The van der Waals surface area contributed by atoms with Crippen molar-refractivity contribution in [3.05, 3.63) is 52.9 Å². The van der Waals surface area contributed by atoms with Gasteiger partial charge in [-0.2, -0.15) is 0 Å². The fraction of sp³-hybridized carbons (Fsp3) is 0.444. The normalized spacial score (nSPS) is 15.5.